The van der Waals surface area contributed by atoms with Gasteiger partial charge in [-0.15, -0.1) is 0 Å². The summed E-state index contributed by atoms with van der Waals surface area (Å²) in [5.41, 5.74) is 0.227. The van der Waals surface area contributed by atoms with E-state index in [1.807, 2.05) is 0 Å². The highest BCUT2D eigenvalue weighted by Crippen LogP contribution is 2.37. The van der Waals surface area contributed by atoms with Crippen LogP contribution in [0.5, 0.6) is 5.75 Å². The molecule has 0 atom stereocenters. The molecule has 0 saturated carbocycles. The number of halogens is 6. The van der Waals surface area contributed by atoms with Crippen LogP contribution >= 0.6 is 34.8 Å². The first kappa shape index (κ1) is 15.3. The van der Waals surface area contributed by atoms with Gasteiger partial charge in [-0.1, -0.05) is 34.8 Å². The summed E-state index contributed by atoms with van der Waals surface area (Å²) in [4.78, 5) is 0. The van der Waals surface area contributed by atoms with Crippen molar-refractivity contribution in [3.8, 4) is 16.9 Å². The molecule has 0 aliphatic carbocycles. The molecule has 2 aromatic rings. The number of alkyl halides is 2. The van der Waals surface area contributed by atoms with E-state index in [9.17, 15) is 13.2 Å². The zero-order chi connectivity index (χ0) is 14.9. The molecule has 0 bridgehead atoms. The molecule has 0 N–H and O–H groups in total. The minimum atomic E-state index is -3.00. The number of hydrogen-bond acceptors (Lipinski definition) is 1. The maximum atomic E-state index is 13.8. The number of ether oxygens (including phenoxy) is 1. The molecule has 0 amide bonds. The van der Waals surface area contributed by atoms with Crippen molar-refractivity contribution in [2.24, 2.45) is 0 Å². The Bertz CT molecular complexity index is 647. The van der Waals surface area contributed by atoms with Gasteiger partial charge in [-0.3, -0.25) is 0 Å². The lowest BCUT2D eigenvalue weighted by atomic mass is 10.0. The molecule has 0 unspecified atom stereocenters. The van der Waals surface area contributed by atoms with Crippen molar-refractivity contribution in [2.45, 2.75) is 6.61 Å². The molecule has 0 aliphatic heterocycles. The molecule has 0 saturated heterocycles. The summed E-state index contributed by atoms with van der Waals surface area (Å²) in [6, 6.07) is 5.92. The topological polar surface area (TPSA) is 9.23 Å². The molecule has 20 heavy (non-hydrogen) atoms. The zero-order valence-electron chi connectivity index (χ0n) is 9.64. The van der Waals surface area contributed by atoms with E-state index < -0.39 is 12.4 Å². The van der Waals surface area contributed by atoms with Crippen molar-refractivity contribution < 1.29 is 17.9 Å². The summed E-state index contributed by atoms with van der Waals surface area (Å²) < 4.78 is 42.4. The Morgan fingerprint density at radius 2 is 1.50 bits per heavy atom. The van der Waals surface area contributed by atoms with E-state index in [2.05, 4.69) is 4.74 Å². The highest BCUT2D eigenvalue weighted by molar-refractivity contribution is 6.44. The highest BCUT2D eigenvalue weighted by Gasteiger charge is 2.14. The standard InChI is InChI=1S/C13H6Cl3F3O/c14-9-5-11(16)10(15)4-7(9)8-3-6(20-13(18)19)1-2-12(8)17/h1-5,13H. The fraction of sp³-hybridized carbons (Fsp3) is 0.0769. The van der Waals surface area contributed by atoms with Gasteiger partial charge in [0.25, 0.3) is 0 Å². The first-order valence-electron chi connectivity index (χ1n) is 5.27. The Morgan fingerprint density at radius 1 is 0.850 bits per heavy atom. The van der Waals surface area contributed by atoms with Crippen LogP contribution in [0.3, 0.4) is 0 Å². The van der Waals surface area contributed by atoms with E-state index in [1.165, 1.54) is 12.1 Å². The van der Waals surface area contributed by atoms with Gasteiger partial charge in [-0.05, 0) is 30.3 Å². The van der Waals surface area contributed by atoms with Gasteiger partial charge in [-0.25, -0.2) is 4.39 Å². The second-order valence-electron chi connectivity index (χ2n) is 3.77. The van der Waals surface area contributed by atoms with Gasteiger partial charge >= 0.3 is 6.61 Å². The van der Waals surface area contributed by atoms with Crippen molar-refractivity contribution in [2.75, 3.05) is 0 Å². The molecule has 2 aromatic carbocycles. The van der Waals surface area contributed by atoms with E-state index in [-0.39, 0.29) is 31.9 Å². The molecule has 0 radical (unpaired) electrons. The summed E-state index contributed by atoms with van der Waals surface area (Å²) in [7, 11) is 0. The fourth-order valence-corrected chi connectivity index (χ4v) is 2.26. The minimum Gasteiger partial charge on any atom is -0.435 e. The van der Waals surface area contributed by atoms with Crippen LogP contribution in [-0.4, -0.2) is 6.61 Å². The van der Waals surface area contributed by atoms with Gasteiger partial charge in [0.05, 0.1) is 15.1 Å². The Morgan fingerprint density at radius 3 is 2.15 bits per heavy atom. The van der Waals surface area contributed by atoms with E-state index >= 15 is 0 Å². The largest absolute Gasteiger partial charge is 0.435 e. The van der Waals surface area contributed by atoms with Gasteiger partial charge in [0.1, 0.15) is 11.6 Å². The molecule has 7 heteroatoms. The van der Waals surface area contributed by atoms with Crippen molar-refractivity contribution in [1.82, 2.24) is 0 Å². The summed E-state index contributed by atoms with van der Waals surface area (Å²) in [6.45, 7) is -3.00. The SMILES string of the molecule is Fc1ccc(OC(F)F)cc1-c1cc(Cl)c(Cl)cc1Cl. The molecule has 2 rings (SSSR count). The van der Waals surface area contributed by atoms with Gasteiger partial charge in [-0.2, -0.15) is 8.78 Å². The molecule has 0 aromatic heterocycles. The Kier molecular flexibility index (Phi) is 4.68. The number of rotatable bonds is 3. The zero-order valence-corrected chi connectivity index (χ0v) is 11.9. The van der Waals surface area contributed by atoms with Crippen molar-refractivity contribution in [3.63, 3.8) is 0 Å². The number of hydrogen-bond donors (Lipinski definition) is 0. The van der Waals surface area contributed by atoms with Crippen LogP contribution in [0.25, 0.3) is 11.1 Å². The summed E-state index contributed by atoms with van der Waals surface area (Å²) in [6.07, 6.45) is 0. The van der Waals surface area contributed by atoms with Gasteiger partial charge in [0.15, 0.2) is 0 Å². The van der Waals surface area contributed by atoms with E-state index in [0.717, 1.165) is 18.2 Å². The van der Waals surface area contributed by atoms with Crippen LogP contribution in [-0.2, 0) is 0 Å². The second-order valence-corrected chi connectivity index (χ2v) is 4.99. The van der Waals surface area contributed by atoms with Crippen molar-refractivity contribution in [3.05, 3.63) is 51.2 Å². The average Bonchev–Trinajstić information content (AvgIpc) is 2.36. The van der Waals surface area contributed by atoms with Crippen molar-refractivity contribution >= 4 is 34.8 Å². The quantitative estimate of drug-likeness (QED) is 0.617. The third-order valence-corrected chi connectivity index (χ3v) is 3.50. The average molecular weight is 342 g/mol. The smallest absolute Gasteiger partial charge is 0.387 e. The van der Waals surface area contributed by atoms with Crippen LogP contribution < -0.4 is 4.74 Å². The molecule has 0 heterocycles. The number of benzene rings is 2. The molecule has 0 fully saturated rings. The predicted molar refractivity (Wildman–Crippen MR) is 73.5 cm³/mol. The van der Waals surface area contributed by atoms with Crippen LogP contribution in [0.15, 0.2) is 30.3 Å². The molecular weight excluding hydrogens is 335 g/mol. The highest BCUT2D eigenvalue weighted by atomic mass is 35.5. The summed E-state index contributed by atoms with van der Waals surface area (Å²) in [5, 5.41) is 0.527. The molecule has 1 nitrogen and oxygen atoms in total. The van der Waals surface area contributed by atoms with E-state index in [0.29, 0.717) is 0 Å². The minimum absolute atomic E-state index is 0.00767. The lowest BCUT2D eigenvalue weighted by molar-refractivity contribution is -0.0498. The molecule has 0 spiro atoms. The first-order valence-corrected chi connectivity index (χ1v) is 6.41. The van der Waals surface area contributed by atoms with Crippen LogP contribution in [0.2, 0.25) is 15.1 Å². The molecular formula is C13H6Cl3F3O. The van der Waals surface area contributed by atoms with Crippen LogP contribution in [0, 0.1) is 5.82 Å². The van der Waals surface area contributed by atoms with Gasteiger partial charge in [0.2, 0.25) is 0 Å². The predicted octanol–water partition coefficient (Wildman–Crippen LogP) is 6.05. The lowest BCUT2D eigenvalue weighted by Crippen LogP contribution is -2.02. The lowest BCUT2D eigenvalue weighted by Gasteiger charge is -2.10. The fourth-order valence-electron chi connectivity index (χ4n) is 1.62. The van der Waals surface area contributed by atoms with Crippen molar-refractivity contribution in [1.29, 1.82) is 0 Å². The van der Waals surface area contributed by atoms with Crippen LogP contribution in [0.4, 0.5) is 13.2 Å². The Balaban J connectivity index is 2.54. The van der Waals surface area contributed by atoms with Crippen LogP contribution in [0.1, 0.15) is 0 Å². The Labute approximate surface area is 127 Å². The third-order valence-electron chi connectivity index (χ3n) is 2.46. The summed E-state index contributed by atoms with van der Waals surface area (Å²) >= 11 is 17.6. The molecule has 0 aliphatic rings. The van der Waals surface area contributed by atoms with Gasteiger partial charge < -0.3 is 4.74 Å². The third kappa shape index (κ3) is 3.32. The monoisotopic (exact) mass is 340 g/mol. The van der Waals surface area contributed by atoms with E-state index in [4.69, 9.17) is 34.8 Å². The van der Waals surface area contributed by atoms with E-state index in [1.54, 1.807) is 0 Å². The maximum Gasteiger partial charge on any atom is 0.387 e. The first-order chi connectivity index (χ1) is 9.38. The second kappa shape index (κ2) is 6.12. The Hall–Kier alpha value is -1.10. The maximum absolute atomic E-state index is 13.8. The van der Waals surface area contributed by atoms with Gasteiger partial charge in [0, 0.05) is 11.1 Å². The normalized spacial score (nSPS) is 10.9. The summed E-state index contributed by atoms with van der Waals surface area (Å²) in [5.74, 6) is -0.828. The molecule has 106 valence electrons.